The van der Waals surface area contributed by atoms with E-state index < -0.39 is 0 Å². The summed E-state index contributed by atoms with van der Waals surface area (Å²) in [6.07, 6.45) is 1.45. The lowest BCUT2D eigenvalue weighted by Gasteiger charge is -1.99. The molecule has 0 aliphatic carbocycles. The molecule has 0 bridgehead atoms. The first-order valence-corrected chi connectivity index (χ1v) is 5.08. The highest BCUT2D eigenvalue weighted by Gasteiger charge is 2.11. The summed E-state index contributed by atoms with van der Waals surface area (Å²) in [6.45, 7) is 0. The molecule has 0 fully saturated rings. The normalized spacial score (nSPS) is 10.2. The first-order valence-electron chi connectivity index (χ1n) is 4.31. The number of carbonyl (C=O) groups excluding carboxylic acids is 1. The Bertz CT molecular complexity index is 470. The van der Waals surface area contributed by atoms with Gasteiger partial charge in [-0.1, -0.05) is 22.7 Å². The van der Waals surface area contributed by atoms with Crippen LogP contribution < -0.4 is 0 Å². The van der Waals surface area contributed by atoms with Gasteiger partial charge >= 0.3 is 0 Å². The van der Waals surface area contributed by atoms with Crippen molar-refractivity contribution in [3.63, 3.8) is 0 Å². The number of benzene rings is 1. The lowest BCUT2D eigenvalue weighted by molar-refractivity contribution is 0.0995. The molecule has 1 heterocycles. The number of aromatic nitrogens is 2. The number of hydrogen-bond acceptors (Lipinski definition) is 4. The number of Topliss-reactive ketones (excluding diaryl/α,β-unsaturated/α-hetero) is 1. The molecule has 0 spiro atoms. The van der Waals surface area contributed by atoms with Crippen LogP contribution >= 0.6 is 11.5 Å². The Hall–Kier alpha value is -1.62. The van der Waals surface area contributed by atoms with Crippen LogP contribution in [0.1, 0.15) is 15.2 Å². The third-order valence-electron chi connectivity index (χ3n) is 1.94. The number of halogens is 1. The third kappa shape index (κ3) is 2.24. The van der Waals surface area contributed by atoms with Crippen LogP contribution in [0.15, 0.2) is 30.5 Å². The Morgan fingerprint density at radius 3 is 2.87 bits per heavy atom. The zero-order valence-corrected chi connectivity index (χ0v) is 8.50. The Kier molecular flexibility index (Phi) is 2.82. The maximum absolute atomic E-state index is 13.2. The highest BCUT2D eigenvalue weighted by atomic mass is 32.1. The average Bonchev–Trinajstić information content (AvgIpc) is 2.74. The highest BCUT2D eigenvalue weighted by Crippen LogP contribution is 2.12. The fraction of sp³-hybridized carbons (Fsp3) is 0.100. The molecular formula is C10H7FN2OS. The van der Waals surface area contributed by atoms with Gasteiger partial charge < -0.3 is 0 Å². The number of ketones is 1. The van der Waals surface area contributed by atoms with Crippen molar-refractivity contribution in [1.82, 2.24) is 9.59 Å². The monoisotopic (exact) mass is 222 g/mol. The number of nitrogens with zero attached hydrogens (tertiary/aromatic N) is 2. The van der Waals surface area contributed by atoms with Gasteiger partial charge in [-0.05, 0) is 23.2 Å². The van der Waals surface area contributed by atoms with Gasteiger partial charge in [0.1, 0.15) is 10.7 Å². The minimum atomic E-state index is -0.358. The topological polar surface area (TPSA) is 42.9 Å². The van der Waals surface area contributed by atoms with Crippen LogP contribution in [0.5, 0.6) is 0 Å². The van der Waals surface area contributed by atoms with Gasteiger partial charge in [0.05, 0.1) is 6.20 Å². The Labute approximate surface area is 89.7 Å². The number of rotatable bonds is 3. The maximum Gasteiger partial charge on any atom is 0.180 e. The van der Waals surface area contributed by atoms with Gasteiger partial charge in [0.15, 0.2) is 5.78 Å². The second-order valence-corrected chi connectivity index (χ2v) is 3.76. The standard InChI is InChI=1S/C10H7FN2OS/c11-8-4-2-1-3-7(8)5-9(14)10-6-12-13-15-10/h1-4,6H,5H2. The van der Waals surface area contributed by atoms with E-state index in [4.69, 9.17) is 0 Å². The van der Waals surface area contributed by atoms with E-state index in [1.165, 1.54) is 12.3 Å². The second-order valence-electron chi connectivity index (χ2n) is 2.97. The summed E-state index contributed by atoms with van der Waals surface area (Å²) in [7, 11) is 0. The van der Waals surface area contributed by atoms with E-state index in [-0.39, 0.29) is 18.0 Å². The molecule has 0 atom stereocenters. The molecule has 0 radical (unpaired) electrons. The van der Waals surface area contributed by atoms with Crippen molar-refractivity contribution in [3.05, 3.63) is 46.7 Å². The summed E-state index contributed by atoms with van der Waals surface area (Å²) in [5.41, 5.74) is 0.399. The summed E-state index contributed by atoms with van der Waals surface area (Å²) in [6, 6.07) is 6.24. The molecule has 0 saturated carbocycles. The lowest BCUT2D eigenvalue weighted by atomic mass is 10.1. The number of hydrogen-bond donors (Lipinski definition) is 0. The van der Waals surface area contributed by atoms with Gasteiger partial charge in [0.25, 0.3) is 0 Å². The summed E-state index contributed by atoms with van der Waals surface area (Å²) in [4.78, 5) is 12.0. The second kappa shape index (κ2) is 4.27. The van der Waals surface area contributed by atoms with Crippen molar-refractivity contribution in [1.29, 1.82) is 0 Å². The minimum Gasteiger partial charge on any atom is -0.293 e. The molecule has 0 unspecified atom stereocenters. The smallest absolute Gasteiger partial charge is 0.180 e. The molecule has 1 aromatic heterocycles. The van der Waals surface area contributed by atoms with Gasteiger partial charge in [-0.15, -0.1) is 5.10 Å². The Balaban J connectivity index is 2.17. The SMILES string of the molecule is O=C(Cc1ccccc1F)c1cnns1. The molecule has 5 heteroatoms. The van der Waals surface area contributed by atoms with Crippen molar-refractivity contribution in [2.45, 2.75) is 6.42 Å². The molecule has 0 aliphatic heterocycles. The quantitative estimate of drug-likeness (QED) is 0.747. The molecule has 1 aromatic carbocycles. The van der Waals surface area contributed by atoms with E-state index in [9.17, 15) is 9.18 Å². The maximum atomic E-state index is 13.2. The molecule has 2 rings (SSSR count). The molecule has 76 valence electrons. The van der Waals surface area contributed by atoms with Crippen LogP contribution in [-0.4, -0.2) is 15.4 Å². The van der Waals surface area contributed by atoms with Crippen LogP contribution in [0.3, 0.4) is 0 Å². The van der Waals surface area contributed by atoms with Gasteiger partial charge in [0, 0.05) is 6.42 Å². The lowest BCUT2D eigenvalue weighted by Crippen LogP contribution is -2.03. The highest BCUT2D eigenvalue weighted by molar-refractivity contribution is 7.07. The largest absolute Gasteiger partial charge is 0.293 e. The van der Waals surface area contributed by atoms with E-state index in [1.807, 2.05) is 0 Å². The van der Waals surface area contributed by atoms with Crippen molar-refractivity contribution in [2.24, 2.45) is 0 Å². The van der Waals surface area contributed by atoms with Crippen molar-refractivity contribution < 1.29 is 9.18 Å². The molecule has 0 amide bonds. The average molecular weight is 222 g/mol. The summed E-state index contributed by atoms with van der Waals surface area (Å²) < 4.78 is 16.8. The summed E-state index contributed by atoms with van der Waals surface area (Å²) >= 11 is 1.02. The van der Waals surface area contributed by atoms with Crippen LogP contribution in [0.2, 0.25) is 0 Å². The fourth-order valence-electron chi connectivity index (χ4n) is 1.19. The Morgan fingerprint density at radius 2 is 2.20 bits per heavy atom. The summed E-state index contributed by atoms with van der Waals surface area (Å²) in [5, 5.41) is 3.56. The van der Waals surface area contributed by atoms with Crippen LogP contribution in [-0.2, 0) is 6.42 Å². The van der Waals surface area contributed by atoms with E-state index in [0.717, 1.165) is 11.5 Å². The molecule has 3 nitrogen and oxygen atoms in total. The van der Waals surface area contributed by atoms with E-state index >= 15 is 0 Å². The predicted octanol–water partition coefficient (Wildman–Crippen LogP) is 2.10. The molecule has 0 aliphatic rings. The van der Waals surface area contributed by atoms with Gasteiger partial charge in [-0.25, -0.2) is 4.39 Å². The van der Waals surface area contributed by atoms with E-state index in [0.29, 0.717) is 10.4 Å². The zero-order valence-electron chi connectivity index (χ0n) is 7.68. The van der Waals surface area contributed by atoms with Crippen LogP contribution in [0.25, 0.3) is 0 Å². The van der Waals surface area contributed by atoms with Crippen LogP contribution in [0, 0.1) is 5.82 Å². The van der Waals surface area contributed by atoms with Crippen molar-refractivity contribution >= 4 is 17.3 Å². The van der Waals surface area contributed by atoms with E-state index in [2.05, 4.69) is 9.59 Å². The van der Waals surface area contributed by atoms with Crippen molar-refractivity contribution in [2.75, 3.05) is 0 Å². The zero-order chi connectivity index (χ0) is 10.7. The minimum absolute atomic E-state index is 0.0521. The van der Waals surface area contributed by atoms with E-state index in [1.54, 1.807) is 18.2 Å². The van der Waals surface area contributed by atoms with Crippen LogP contribution in [0.4, 0.5) is 4.39 Å². The van der Waals surface area contributed by atoms with Gasteiger partial charge in [0.2, 0.25) is 0 Å². The van der Waals surface area contributed by atoms with Gasteiger partial charge in [-0.2, -0.15) is 0 Å². The summed E-state index contributed by atoms with van der Waals surface area (Å²) in [5.74, 6) is -0.515. The molecule has 15 heavy (non-hydrogen) atoms. The molecule has 0 N–H and O–H groups in total. The first kappa shape index (κ1) is 9.92. The van der Waals surface area contributed by atoms with Gasteiger partial charge in [-0.3, -0.25) is 4.79 Å². The first-order chi connectivity index (χ1) is 7.27. The molecule has 0 saturated heterocycles. The Morgan fingerprint density at radius 1 is 1.40 bits per heavy atom. The molecular weight excluding hydrogens is 215 g/mol. The fourth-order valence-corrected chi connectivity index (χ4v) is 1.64. The number of carbonyl (C=O) groups is 1. The van der Waals surface area contributed by atoms with Crippen molar-refractivity contribution in [3.8, 4) is 0 Å². The molecule has 2 aromatic rings. The predicted molar refractivity (Wildman–Crippen MR) is 54.3 cm³/mol. The third-order valence-corrected chi connectivity index (χ3v) is 2.65.